The van der Waals surface area contributed by atoms with Crippen molar-refractivity contribution in [3.8, 4) is 11.8 Å². The van der Waals surface area contributed by atoms with Gasteiger partial charge in [0, 0.05) is 17.2 Å². The number of fused-ring (bicyclic) bond motifs is 1. The van der Waals surface area contributed by atoms with Crippen molar-refractivity contribution in [2.45, 2.75) is 37.3 Å². The van der Waals surface area contributed by atoms with E-state index >= 15 is 0 Å². The minimum atomic E-state index is -5.19. The number of aliphatic carboxylic acids is 1. The van der Waals surface area contributed by atoms with E-state index in [4.69, 9.17) is 15.6 Å². The Hall–Kier alpha value is -4.22. The molecule has 1 aromatic carbocycles. The normalized spacial score (nSPS) is 18.9. The topological polar surface area (TPSA) is 143 Å². The van der Waals surface area contributed by atoms with Gasteiger partial charge >= 0.3 is 23.9 Å². The van der Waals surface area contributed by atoms with Crippen molar-refractivity contribution >= 4 is 23.4 Å². The van der Waals surface area contributed by atoms with Crippen molar-refractivity contribution < 1.29 is 46.0 Å². The first-order valence-corrected chi connectivity index (χ1v) is 10.1. The Kier molecular flexibility index (Phi) is 6.92. The third kappa shape index (κ3) is 5.70. The Morgan fingerprint density at radius 1 is 1.22 bits per heavy atom. The SMILES string of the molecule is Nc1c[nH+]cn(Cc2ccc3c(c2)NC(=O)NC3(C#CC2CC2)C(F)(F)F)c1=O.O=C([O-])C(F)(F)F. The second kappa shape index (κ2) is 9.44. The van der Waals surface area contributed by atoms with Gasteiger partial charge in [0.25, 0.3) is 0 Å². The number of rotatable bonds is 2. The fourth-order valence-electron chi connectivity index (χ4n) is 3.16. The van der Waals surface area contributed by atoms with Gasteiger partial charge in [-0.25, -0.2) is 9.59 Å². The van der Waals surface area contributed by atoms with Crippen molar-refractivity contribution in [2.75, 3.05) is 11.1 Å². The number of carbonyl (C=O) groups is 2. The number of nitrogens with zero attached hydrogens (tertiary/aromatic N) is 1. The number of benzene rings is 1. The third-order valence-electron chi connectivity index (χ3n) is 5.06. The Morgan fingerprint density at radius 3 is 2.42 bits per heavy atom. The summed E-state index contributed by atoms with van der Waals surface area (Å²) in [7, 11) is 0. The zero-order valence-electron chi connectivity index (χ0n) is 18.0. The first-order chi connectivity index (χ1) is 16.6. The monoisotopic (exact) mass is 517 g/mol. The molecule has 0 bridgehead atoms. The third-order valence-corrected chi connectivity index (χ3v) is 5.06. The molecule has 15 heteroatoms. The molecule has 36 heavy (non-hydrogen) atoms. The lowest BCUT2D eigenvalue weighted by molar-refractivity contribution is -0.385. The molecule has 1 saturated carbocycles. The number of urea groups is 1. The van der Waals surface area contributed by atoms with E-state index in [1.54, 1.807) is 0 Å². The highest BCUT2D eigenvalue weighted by atomic mass is 19.4. The maximum absolute atomic E-state index is 14.1. The second-order valence-electron chi connectivity index (χ2n) is 7.86. The molecule has 192 valence electrons. The van der Waals surface area contributed by atoms with Gasteiger partial charge in [0.1, 0.15) is 18.7 Å². The number of carbonyl (C=O) groups excluding carboxylic acids is 2. The number of amides is 2. The number of H-pyrrole nitrogens is 1. The molecule has 5 N–H and O–H groups in total. The van der Waals surface area contributed by atoms with Crippen molar-refractivity contribution in [1.29, 1.82) is 0 Å². The maximum atomic E-state index is 14.1. The minimum Gasteiger partial charge on any atom is -0.542 e. The lowest BCUT2D eigenvalue weighted by atomic mass is 9.85. The smallest absolute Gasteiger partial charge is 0.430 e. The first kappa shape index (κ1) is 26.4. The molecule has 2 amide bonds. The Morgan fingerprint density at radius 2 is 1.86 bits per heavy atom. The summed E-state index contributed by atoms with van der Waals surface area (Å²) in [5.41, 5.74) is 2.69. The number of nitrogens with two attached hydrogens (primary N) is 1. The number of halogens is 6. The lowest BCUT2D eigenvalue weighted by Crippen LogP contribution is -2.59. The molecule has 2 aromatic rings. The highest BCUT2D eigenvalue weighted by molar-refractivity contribution is 5.95. The highest BCUT2D eigenvalue weighted by Crippen LogP contribution is 2.44. The molecule has 0 radical (unpaired) electrons. The quantitative estimate of drug-likeness (QED) is 0.401. The Bertz CT molecular complexity index is 1310. The molecule has 1 aliphatic carbocycles. The number of aromatic amines is 1. The van der Waals surface area contributed by atoms with Gasteiger partial charge in [-0.2, -0.15) is 30.9 Å². The maximum Gasteiger partial charge on any atom is 0.430 e. The van der Waals surface area contributed by atoms with Gasteiger partial charge in [0.15, 0.2) is 5.69 Å². The summed E-state index contributed by atoms with van der Waals surface area (Å²) < 4.78 is 75.0. The molecule has 1 aliphatic heterocycles. The minimum absolute atomic E-state index is 0.00500. The summed E-state index contributed by atoms with van der Waals surface area (Å²) in [6, 6.07) is 3.15. The van der Waals surface area contributed by atoms with Crippen LogP contribution < -0.4 is 32.0 Å². The van der Waals surface area contributed by atoms with Crippen molar-refractivity contribution in [2.24, 2.45) is 5.92 Å². The predicted octanol–water partition coefficient (Wildman–Crippen LogP) is 0.898. The van der Waals surface area contributed by atoms with E-state index in [1.165, 1.54) is 35.3 Å². The summed E-state index contributed by atoms with van der Waals surface area (Å²) >= 11 is 0. The van der Waals surface area contributed by atoms with Crippen molar-refractivity contribution in [1.82, 2.24) is 9.88 Å². The predicted molar refractivity (Wildman–Crippen MR) is 109 cm³/mol. The molecule has 2 aliphatic rings. The van der Waals surface area contributed by atoms with Gasteiger partial charge in [-0.1, -0.05) is 24.0 Å². The fourth-order valence-corrected chi connectivity index (χ4v) is 3.16. The van der Waals surface area contributed by atoms with E-state index < -0.39 is 35.5 Å². The zero-order valence-corrected chi connectivity index (χ0v) is 18.0. The van der Waals surface area contributed by atoms with Crippen LogP contribution in [0.1, 0.15) is 24.0 Å². The van der Waals surface area contributed by atoms with Crippen LogP contribution in [0.15, 0.2) is 35.5 Å². The summed E-state index contributed by atoms with van der Waals surface area (Å²) in [5.74, 6) is 1.83. The number of hydrogen-bond donors (Lipinski definition) is 3. The molecule has 4 rings (SSSR count). The molecule has 9 nitrogen and oxygen atoms in total. The van der Waals surface area contributed by atoms with Crippen LogP contribution >= 0.6 is 0 Å². The van der Waals surface area contributed by atoms with Gasteiger partial charge in [0.05, 0.1) is 0 Å². The number of hydrogen-bond acceptors (Lipinski definition) is 5. The standard InChI is InChI=1S/C19H16F3N5O2.C2HF3O2/c20-19(21,22)18(6-5-11-1-2-11)13-4-3-12(7-15(13)25-17(29)26-18)9-27-10-24-8-14(23)16(27)28;3-2(4,5)1(6)7/h3-4,7-8,10-11H,1-2,9,23H2,(H2,25,26,29);(H,6,7). The average Bonchev–Trinajstić information content (AvgIpc) is 3.58. The van der Waals surface area contributed by atoms with Gasteiger partial charge < -0.3 is 26.3 Å². The van der Waals surface area contributed by atoms with Gasteiger partial charge in [0.2, 0.25) is 11.9 Å². The number of nitrogens with one attached hydrogen (secondary N) is 3. The van der Waals surface area contributed by atoms with Crippen LogP contribution in [0.25, 0.3) is 0 Å². The van der Waals surface area contributed by atoms with E-state index in [9.17, 15) is 35.9 Å². The van der Waals surface area contributed by atoms with E-state index in [0.29, 0.717) is 5.56 Å². The molecule has 1 atom stereocenters. The molecule has 1 fully saturated rings. The lowest BCUT2D eigenvalue weighted by Gasteiger charge is -2.37. The molecule has 2 heterocycles. The van der Waals surface area contributed by atoms with Crippen LogP contribution in [0.2, 0.25) is 0 Å². The summed E-state index contributed by atoms with van der Waals surface area (Å²) in [6.45, 7) is 0.0592. The summed E-state index contributed by atoms with van der Waals surface area (Å²) in [6.07, 6.45) is -5.76. The zero-order chi connectivity index (χ0) is 26.9. The molecular formula is C21H17F6N5O4. The molecule has 1 aromatic heterocycles. The van der Waals surface area contributed by atoms with E-state index in [-0.39, 0.29) is 29.4 Å². The van der Waals surface area contributed by atoms with Gasteiger partial charge in [-0.3, -0.25) is 4.98 Å². The molecule has 0 spiro atoms. The van der Waals surface area contributed by atoms with Crippen molar-refractivity contribution in [3.05, 3.63) is 52.2 Å². The Balaban J connectivity index is 0.000000454. The second-order valence-corrected chi connectivity index (χ2v) is 7.86. The van der Waals surface area contributed by atoms with Crippen LogP contribution in [-0.4, -0.2) is 28.9 Å². The Labute approximate surface area is 198 Å². The number of anilines is 2. The van der Waals surface area contributed by atoms with Crippen LogP contribution in [-0.2, 0) is 16.9 Å². The van der Waals surface area contributed by atoms with E-state index in [1.807, 2.05) is 5.32 Å². The van der Waals surface area contributed by atoms with Crippen LogP contribution in [0, 0.1) is 17.8 Å². The molecular weight excluding hydrogens is 500 g/mol. The first-order valence-electron chi connectivity index (χ1n) is 10.1. The van der Waals surface area contributed by atoms with Crippen LogP contribution in [0.3, 0.4) is 0 Å². The van der Waals surface area contributed by atoms with Crippen molar-refractivity contribution in [3.63, 3.8) is 0 Å². The largest absolute Gasteiger partial charge is 0.542 e. The number of aromatic nitrogens is 2. The average molecular weight is 517 g/mol. The number of carboxylic acid groups (broad SMARTS) is 1. The summed E-state index contributed by atoms with van der Waals surface area (Å²) in [5, 5.41) is 13.2. The summed E-state index contributed by atoms with van der Waals surface area (Å²) in [4.78, 5) is 35.6. The highest BCUT2D eigenvalue weighted by Gasteiger charge is 2.59. The van der Waals surface area contributed by atoms with Crippen LogP contribution in [0.4, 0.5) is 42.5 Å². The molecule has 0 saturated heterocycles. The van der Waals surface area contributed by atoms with E-state index in [2.05, 4.69) is 22.1 Å². The number of alkyl halides is 6. The van der Waals surface area contributed by atoms with Gasteiger partial charge in [-0.15, -0.1) is 0 Å². The van der Waals surface area contributed by atoms with Crippen LogP contribution in [0.5, 0.6) is 0 Å². The molecule has 1 unspecified atom stereocenters. The number of nitrogen functional groups attached to an aromatic ring is 1. The fraction of sp³-hybridized carbons (Fsp3) is 0.333. The number of carboxylic acids is 1. The van der Waals surface area contributed by atoms with E-state index in [0.717, 1.165) is 12.8 Å². The van der Waals surface area contributed by atoms with Gasteiger partial charge in [-0.05, 0) is 24.5 Å².